The second-order valence-electron chi connectivity index (χ2n) is 6.60. The van der Waals surface area contributed by atoms with Gasteiger partial charge in [0.25, 0.3) is 0 Å². The lowest BCUT2D eigenvalue weighted by atomic mass is 9.71. The molecular formula is C15H29N. The number of nitrogens with one attached hydrogen (secondary N) is 1. The Morgan fingerprint density at radius 2 is 1.88 bits per heavy atom. The molecule has 0 saturated carbocycles. The lowest BCUT2D eigenvalue weighted by molar-refractivity contribution is 0.165. The molecule has 1 aliphatic rings. The van der Waals surface area contributed by atoms with E-state index < -0.39 is 0 Å². The molecule has 2 unspecified atom stereocenters. The number of allylic oxidation sites excluding steroid dienone is 1. The van der Waals surface area contributed by atoms with Gasteiger partial charge in [0.1, 0.15) is 0 Å². The Balaban J connectivity index is 2.70. The van der Waals surface area contributed by atoms with Crippen LogP contribution in [0.25, 0.3) is 0 Å². The Kier molecular flexibility index (Phi) is 4.61. The van der Waals surface area contributed by atoms with Gasteiger partial charge >= 0.3 is 0 Å². The Hall–Kier alpha value is -0.300. The fourth-order valence-corrected chi connectivity index (χ4v) is 2.90. The van der Waals surface area contributed by atoms with Crippen molar-refractivity contribution >= 4 is 0 Å². The van der Waals surface area contributed by atoms with E-state index in [2.05, 4.69) is 52.9 Å². The van der Waals surface area contributed by atoms with Gasteiger partial charge in [-0.3, -0.25) is 0 Å². The Morgan fingerprint density at radius 3 is 2.31 bits per heavy atom. The number of hydrogen-bond donors (Lipinski definition) is 1. The van der Waals surface area contributed by atoms with E-state index in [1.165, 1.54) is 19.5 Å². The summed E-state index contributed by atoms with van der Waals surface area (Å²) in [6, 6.07) is 0. The first-order chi connectivity index (χ1) is 7.36. The van der Waals surface area contributed by atoms with Crippen molar-refractivity contribution < 1.29 is 0 Å². The first-order valence-corrected chi connectivity index (χ1v) is 6.73. The van der Waals surface area contributed by atoms with E-state index >= 15 is 0 Å². The van der Waals surface area contributed by atoms with Gasteiger partial charge in [-0.1, -0.05) is 46.3 Å². The van der Waals surface area contributed by atoms with E-state index in [1.54, 1.807) is 5.57 Å². The van der Waals surface area contributed by atoms with E-state index in [-0.39, 0.29) is 0 Å². The maximum atomic E-state index is 3.62. The van der Waals surface area contributed by atoms with Gasteiger partial charge in [-0.05, 0) is 43.1 Å². The quantitative estimate of drug-likeness (QED) is 0.701. The molecule has 16 heavy (non-hydrogen) atoms. The molecule has 0 spiro atoms. The van der Waals surface area contributed by atoms with Crippen molar-refractivity contribution in [2.45, 2.75) is 48.0 Å². The van der Waals surface area contributed by atoms with Gasteiger partial charge < -0.3 is 5.32 Å². The fourth-order valence-electron chi connectivity index (χ4n) is 2.90. The van der Waals surface area contributed by atoms with Crippen molar-refractivity contribution in [2.75, 3.05) is 13.1 Å². The molecule has 0 aromatic carbocycles. The first-order valence-electron chi connectivity index (χ1n) is 6.73. The molecule has 1 N–H and O–H groups in total. The lowest BCUT2D eigenvalue weighted by Gasteiger charge is -2.39. The third-order valence-electron chi connectivity index (χ3n) is 4.05. The summed E-state index contributed by atoms with van der Waals surface area (Å²) >= 11 is 0. The molecule has 0 aromatic heterocycles. The predicted molar refractivity (Wildman–Crippen MR) is 72.5 cm³/mol. The normalized spacial score (nSPS) is 28.6. The second-order valence-corrected chi connectivity index (χ2v) is 6.60. The molecule has 94 valence electrons. The summed E-state index contributed by atoms with van der Waals surface area (Å²) in [5.74, 6) is 2.25. The van der Waals surface area contributed by atoms with Crippen LogP contribution in [-0.4, -0.2) is 13.1 Å². The summed E-state index contributed by atoms with van der Waals surface area (Å²) in [7, 11) is 0. The molecule has 1 saturated heterocycles. The minimum absolute atomic E-state index is 0.432. The lowest BCUT2D eigenvalue weighted by Crippen LogP contribution is -2.42. The Morgan fingerprint density at radius 1 is 1.25 bits per heavy atom. The van der Waals surface area contributed by atoms with E-state index in [0.29, 0.717) is 11.3 Å². The molecule has 1 heterocycles. The van der Waals surface area contributed by atoms with Gasteiger partial charge in [-0.25, -0.2) is 0 Å². The Bertz CT molecular complexity index is 245. The van der Waals surface area contributed by atoms with Gasteiger partial charge in [0.05, 0.1) is 0 Å². The summed E-state index contributed by atoms with van der Waals surface area (Å²) in [4.78, 5) is 0. The van der Waals surface area contributed by atoms with Crippen LogP contribution >= 0.6 is 0 Å². The highest BCUT2D eigenvalue weighted by Gasteiger charge is 2.32. The van der Waals surface area contributed by atoms with E-state index in [9.17, 15) is 0 Å². The van der Waals surface area contributed by atoms with Crippen LogP contribution in [0.4, 0.5) is 0 Å². The highest BCUT2D eigenvalue weighted by Crippen LogP contribution is 2.36. The SMILES string of the molecule is C/C=C(\C(C)C)C1CNCC(C(C)(C)C)C1. The average Bonchev–Trinajstić information content (AvgIpc) is 2.17. The Labute approximate surface area is 102 Å². The summed E-state index contributed by atoms with van der Waals surface area (Å²) in [5.41, 5.74) is 2.07. The molecule has 0 aliphatic carbocycles. The average molecular weight is 223 g/mol. The van der Waals surface area contributed by atoms with Crippen molar-refractivity contribution in [1.82, 2.24) is 5.32 Å². The topological polar surface area (TPSA) is 12.0 Å². The largest absolute Gasteiger partial charge is 0.316 e. The smallest absolute Gasteiger partial charge is 0.00172 e. The maximum Gasteiger partial charge on any atom is 0.00172 e. The molecule has 1 fully saturated rings. The monoisotopic (exact) mass is 223 g/mol. The molecular weight excluding hydrogens is 194 g/mol. The van der Waals surface area contributed by atoms with Gasteiger partial charge in [0.2, 0.25) is 0 Å². The maximum absolute atomic E-state index is 3.62. The van der Waals surface area contributed by atoms with E-state index in [0.717, 1.165) is 11.8 Å². The molecule has 1 nitrogen and oxygen atoms in total. The van der Waals surface area contributed by atoms with Crippen LogP contribution in [0.1, 0.15) is 48.0 Å². The number of rotatable bonds is 2. The standard InChI is InChI=1S/C15H29N/c1-7-14(11(2)3)12-8-13(10-16-9-12)15(4,5)6/h7,11-13,16H,8-10H2,1-6H3/b14-7+. The summed E-state index contributed by atoms with van der Waals surface area (Å²) in [6.45, 7) is 16.3. The van der Waals surface area contributed by atoms with Crippen LogP contribution in [0.2, 0.25) is 0 Å². The zero-order valence-electron chi connectivity index (χ0n) is 11.9. The van der Waals surface area contributed by atoms with Crippen LogP contribution in [0.3, 0.4) is 0 Å². The van der Waals surface area contributed by atoms with Crippen LogP contribution < -0.4 is 5.32 Å². The highest BCUT2D eigenvalue weighted by molar-refractivity contribution is 5.10. The van der Waals surface area contributed by atoms with Crippen molar-refractivity contribution in [3.8, 4) is 0 Å². The molecule has 0 amide bonds. The molecule has 0 bridgehead atoms. The van der Waals surface area contributed by atoms with Gasteiger partial charge in [-0.15, -0.1) is 0 Å². The minimum Gasteiger partial charge on any atom is -0.316 e. The second kappa shape index (κ2) is 5.35. The van der Waals surface area contributed by atoms with E-state index in [1.807, 2.05) is 0 Å². The van der Waals surface area contributed by atoms with Crippen molar-refractivity contribution in [1.29, 1.82) is 0 Å². The van der Waals surface area contributed by atoms with Crippen LogP contribution in [-0.2, 0) is 0 Å². The van der Waals surface area contributed by atoms with Gasteiger partial charge in [0.15, 0.2) is 0 Å². The van der Waals surface area contributed by atoms with Crippen LogP contribution in [0.5, 0.6) is 0 Å². The molecule has 1 heteroatoms. The van der Waals surface area contributed by atoms with E-state index in [4.69, 9.17) is 0 Å². The fraction of sp³-hybridized carbons (Fsp3) is 0.867. The minimum atomic E-state index is 0.432. The summed E-state index contributed by atoms with van der Waals surface area (Å²) in [5, 5.41) is 3.62. The van der Waals surface area contributed by atoms with Crippen LogP contribution in [0.15, 0.2) is 11.6 Å². The van der Waals surface area contributed by atoms with Crippen molar-refractivity contribution in [3.05, 3.63) is 11.6 Å². The molecule has 1 rings (SSSR count). The number of piperidine rings is 1. The zero-order chi connectivity index (χ0) is 12.3. The predicted octanol–water partition coefficient (Wildman–Crippen LogP) is 3.86. The third kappa shape index (κ3) is 3.35. The first kappa shape index (κ1) is 13.8. The number of hydrogen-bond acceptors (Lipinski definition) is 1. The molecule has 0 aromatic rings. The third-order valence-corrected chi connectivity index (χ3v) is 4.05. The summed E-state index contributed by atoms with van der Waals surface area (Å²) < 4.78 is 0. The molecule has 1 aliphatic heterocycles. The zero-order valence-corrected chi connectivity index (χ0v) is 11.9. The highest BCUT2D eigenvalue weighted by atomic mass is 14.9. The summed E-state index contributed by atoms with van der Waals surface area (Å²) in [6.07, 6.45) is 3.69. The van der Waals surface area contributed by atoms with Crippen LogP contribution in [0, 0.1) is 23.2 Å². The van der Waals surface area contributed by atoms with Crippen molar-refractivity contribution in [2.24, 2.45) is 23.2 Å². The van der Waals surface area contributed by atoms with Gasteiger partial charge in [-0.2, -0.15) is 0 Å². The molecule has 0 radical (unpaired) electrons. The van der Waals surface area contributed by atoms with Gasteiger partial charge in [0, 0.05) is 6.54 Å². The molecule has 2 atom stereocenters. The van der Waals surface area contributed by atoms with Crippen molar-refractivity contribution in [3.63, 3.8) is 0 Å².